The minimum atomic E-state index is -2.81. The van der Waals surface area contributed by atoms with Gasteiger partial charge in [-0.2, -0.15) is 0 Å². The first-order chi connectivity index (χ1) is 12.2. The Bertz CT molecular complexity index is 996. The molecule has 0 atom stereocenters. The molecular weight excluding hydrogens is 364 g/mol. The Morgan fingerprint density at radius 2 is 2.00 bits per heavy atom. The van der Waals surface area contributed by atoms with Gasteiger partial charge in [0.2, 0.25) is 0 Å². The number of aromatic nitrogens is 3. The highest BCUT2D eigenvalue weighted by Gasteiger charge is 2.39. The normalized spacial score (nSPS) is 22.8. The van der Waals surface area contributed by atoms with Crippen molar-refractivity contribution in [1.29, 1.82) is 0 Å². The van der Waals surface area contributed by atoms with Crippen LogP contribution in [0.15, 0.2) is 30.5 Å². The summed E-state index contributed by atoms with van der Waals surface area (Å²) in [5.41, 5.74) is -0.367. The molecule has 0 radical (unpaired) electrons. The lowest BCUT2D eigenvalue weighted by Crippen LogP contribution is -2.41. The Morgan fingerprint density at radius 3 is 2.65 bits per heavy atom. The van der Waals surface area contributed by atoms with Gasteiger partial charge in [-0.25, -0.2) is 8.78 Å². The second kappa shape index (κ2) is 5.89. The highest BCUT2D eigenvalue weighted by Crippen LogP contribution is 2.43. The summed E-state index contributed by atoms with van der Waals surface area (Å²) in [4.78, 5) is 0. The Balaban J connectivity index is 1.78. The fraction of sp³-hybridized carbons (Fsp3) is 0.333. The number of alkyl halides is 2. The van der Waals surface area contributed by atoms with Crippen LogP contribution < -0.4 is 0 Å². The smallest absolute Gasteiger partial charge is 0.264 e. The third kappa shape index (κ3) is 2.81. The molecule has 0 bridgehead atoms. The minimum absolute atomic E-state index is 0.0266. The van der Waals surface area contributed by atoms with E-state index >= 15 is 0 Å². The molecule has 1 saturated carbocycles. The minimum Gasteiger partial charge on any atom is -0.507 e. The first-order valence-electron chi connectivity index (χ1n) is 8.13. The summed E-state index contributed by atoms with van der Waals surface area (Å²) in [7, 11) is 0. The Morgan fingerprint density at radius 1 is 1.27 bits per heavy atom. The van der Waals surface area contributed by atoms with Gasteiger partial charge in [-0.3, -0.25) is 0 Å². The fourth-order valence-corrected chi connectivity index (χ4v) is 3.81. The zero-order valence-corrected chi connectivity index (χ0v) is 14.6. The highest BCUT2D eigenvalue weighted by atomic mass is 35.5. The van der Waals surface area contributed by atoms with Crippen molar-refractivity contribution in [2.45, 2.75) is 37.8 Å². The molecule has 3 aromatic rings. The third-order valence-corrected chi connectivity index (χ3v) is 5.03. The van der Waals surface area contributed by atoms with Crippen LogP contribution in [0.1, 0.15) is 37.8 Å². The van der Waals surface area contributed by atoms with Gasteiger partial charge in [-0.05, 0) is 44.0 Å². The second-order valence-corrected chi connectivity index (χ2v) is 7.42. The van der Waals surface area contributed by atoms with Crippen molar-refractivity contribution in [2.75, 3.05) is 0 Å². The Hall–Kier alpha value is -2.25. The summed E-state index contributed by atoms with van der Waals surface area (Å²) in [5, 5.41) is 29.0. The molecule has 1 fully saturated rings. The van der Waals surface area contributed by atoms with Gasteiger partial charge in [0.05, 0.1) is 16.9 Å². The summed E-state index contributed by atoms with van der Waals surface area (Å²) >= 11 is 5.78. The summed E-state index contributed by atoms with van der Waals surface area (Å²) in [6.45, 7) is 1.79. The quantitative estimate of drug-likeness (QED) is 0.703. The molecule has 5 nitrogen and oxygen atoms in total. The fourth-order valence-electron chi connectivity index (χ4n) is 3.59. The van der Waals surface area contributed by atoms with E-state index in [0.29, 0.717) is 18.5 Å². The van der Waals surface area contributed by atoms with Crippen LogP contribution in [0.4, 0.5) is 8.78 Å². The Kier molecular flexibility index (Phi) is 3.89. The Labute approximate surface area is 152 Å². The number of hydrogen-bond donors (Lipinski definition) is 2. The van der Waals surface area contributed by atoms with Crippen LogP contribution in [-0.2, 0) is 0 Å². The molecule has 0 aliphatic heterocycles. The standard InChI is InChI=1S/C18H16ClF2N3O2/c1-18(26)7-11(8-18)24-3-2-9-4-13(22-23-17(9)24)15-12(16(20)21)5-10(19)6-14(15)25/h2-6,11,16,25-26H,7-8H2,1H3. The van der Waals surface area contributed by atoms with E-state index in [1.807, 2.05) is 16.8 Å². The monoisotopic (exact) mass is 379 g/mol. The maximum Gasteiger partial charge on any atom is 0.264 e. The molecule has 2 aromatic heterocycles. The summed E-state index contributed by atoms with van der Waals surface area (Å²) in [5.74, 6) is -0.365. The van der Waals surface area contributed by atoms with Gasteiger partial charge in [-0.1, -0.05) is 11.6 Å². The van der Waals surface area contributed by atoms with E-state index in [0.717, 1.165) is 11.5 Å². The average molecular weight is 380 g/mol. The third-order valence-electron chi connectivity index (χ3n) is 4.81. The molecule has 0 saturated heterocycles. The number of halogens is 3. The molecular formula is C18H16ClF2N3O2. The van der Waals surface area contributed by atoms with Crippen molar-refractivity contribution in [1.82, 2.24) is 14.8 Å². The molecule has 1 aliphatic carbocycles. The topological polar surface area (TPSA) is 71.2 Å². The maximum absolute atomic E-state index is 13.4. The molecule has 2 N–H and O–H groups in total. The lowest BCUT2D eigenvalue weighted by molar-refractivity contribution is -0.0498. The molecule has 2 heterocycles. The number of fused-ring (bicyclic) bond motifs is 1. The lowest BCUT2D eigenvalue weighted by Gasteiger charge is -2.41. The van der Waals surface area contributed by atoms with E-state index in [1.54, 1.807) is 13.0 Å². The van der Waals surface area contributed by atoms with Crippen LogP contribution in [0.3, 0.4) is 0 Å². The molecule has 0 spiro atoms. The van der Waals surface area contributed by atoms with Crippen LogP contribution in [0, 0.1) is 0 Å². The van der Waals surface area contributed by atoms with Gasteiger partial charge in [0, 0.05) is 28.2 Å². The zero-order valence-electron chi connectivity index (χ0n) is 13.8. The van der Waals surface area contributed by atoms with Gasteiger partial charge in [0.15, 0.2) is 5.65 Å². The molecule has 1 aromatic carbocycles. The van der Waals surface area contributed by atoms with Crippen molar-refractivity contribution in [2.24, 2.45) is 0 Å². The number of rotatable bonds is 3. The number of benzene rings is 1. The van der Waals surface area contributed by atoms with E-state index in [2.05, 4.69) is 10.2 Å². The molecule has 136 valence electrons. The molecule has 4 rings (SSSR count). The van der Waals surface area contributed by atoms with Gasteiger partial charge >= 0.3 is 0 Å². The van der Waals surface area contributed by atoms with Crippen molar-refractivity contribution in [3.8, 4) is 17.0 Å². The predicted octanol–water partition coefficient (Wildman–Crippen LogP) is 4.48. The van der Waals surface area contributed by atoms with Crippen LogP contribution in [0.5, 0.6) is 5.75 Å². The van der Waals surface area contributed by atoms with E-state index < -0.39 is 17.6 Å². The number of nitrogens with zero attached hydrogens (tertiary/aromatic N) is 3. The van der Waals surface area contributed by atoms with Gasteiger partial charge in [0.1, 0.15) is 5.75 Å². The number of phenols is 1. The summed E-state index contributed by atoms with van der Waals surface area (Å²) in [6, 6.07) is 5.88. The van der Waals surface area contributed by atoms with Gasteiger partial charge in [0.25, 0.3) is 6.43 Å². The van der Waals surface area contributed by atoms with E-state index in [1.165, 1.54) is 6.07 Å². The van der Waals surface area contributed by atoms with E-state index in [4.69, 9.17) is 11.6 Å². The maximum atomic E-state index is 13.4. The predicted molar refractivity (Wildman–Crippen MR) is 93.5 cm³/mol. The van der Waals surface area contributed by atoms with Crippen LogP contribution >= 0.6 is 11.6 Å². The van der Waals surface area contributed by atoms with Crippen LogP contribution in [-0.4, -0.2) is 30.6 Å². The van der Waals surface area contributed by atoms with E-state index in [9.17, 15) is 19.0 Å². The average Bonchev–Trinajstić information content (AvgIpc) is 2.94. The molecule has 0 amide bonds. The first-order valence-corrected chi connectivity index (χ1v) is 8.50. The zero-order chi connectivity index (χ0) is 18.6. The highest BCUT2D eigenvalue weighted by molar-refractivity contribution is 6.31. The first kappa shape index (κ1) is 17.2. The number of hydrogen-bond acceptors (Lipinski definition) is 4. The molecule has 1 aliphatic rings. The lowest BCUT2D eigenvalue weighted by atomic mass is 9.77. The molecule has 26 heavy (non-hydrogen) atoms. The van der Waals surface area contributed by atoms with Crippen LogP contribution in [0.25, 0.3) is 22.3 Å². The van der Waals surface area contributed by atoms with Gasteiger partial charge in [-0.15, -0.1) is 10.2 Å². The number of aromatic hydroxyl groups is 1. The number of phenolic OH excluding ortho intramolecular Hbond substituents is 1. The van der Waals surface area contributed by atoms with Gasteiger partial charge < -0.3 is 14.8 Å². The van der Waals surface area contributed by atoms with Crippen molar-refractivity contribution in [3.63, 3.8) is 0 Å². The molecule has 0 unspecified atom stereocenters. The molecule has 8 heteroatoms. The van der Waals surface area contributed by atoms with Crippen molar-refractivity contribution < 1.29 is 19.0 Å². The van der Waals surface area contributed by atoms with Crippen LogP contribution in [0.2, 0.25) is 5.02 Å². The summed E-state index contributed by atoms with van der Waals surface area (Å²) < 4.78 is 28.7. The summed E-state index contributed by atoms with van der Waals surface area (Å²) in [6.07, 6.45) is 0.272. The van der Waals surface area contributed by atoms with E-state index in [-0.39, 0.29) is 28.1 Å². The number of aliphatic hydroxyl groups is 1. The van der Waals surface area contributed by atoms with Crippen molar-refractivity contribution >= 4 is 22.6 Å². The SMILES string of the molecule is CC1(O)CC(n2ccc3cc(-c4c(O)cc(Cl)cc4C(F)F)nnc32)C1. The largest absolute Gasteiger partial charge is 0.507 e. The van der Waals surface area contributed by atoms with Crippen molar-refractivity contribution in [3.05, 3.63) is 41.0 Å². The second-order valence-electron chi connectivity index (χ2n) is 6.98.